The maximum atomic E-state index is 12.5. The van der Waals surface area contributed by atoms with Crippen LogP contribution in [-0.2, 0) is 14.6 Å². The Morgan fingerprint density at radius 1 is 1.07 bits per heavy atom. The van der Waals surface area contributed by atoms with Gasteiger partial charge >= 0.3 is 0 Å². The smallest absolute Gasteiger partial charge is 0.255 e. The van der Waals surface area contributed by atoms with Gasteiger partial charge in [0, 0.05) is 12.7 Å². The lowest BCUT2D eigenvalue weighted by Gasteiger charge is -2.14. The minimum Gasteiger partial charge on any atom is -0.491 e. The molecule has 0 unspecified atom stereocenters. The van der Waals surface area contributed by atoms with Gasteiger partial charge in [-0.15, -0.1) is 0 Å². The minimum atomic E-state index is -3.42. The molecule has 0 atom stereocenters. The largest absolute Gasteiger partial charge is 0.491 e. The fraction of sp³-hybridized carbons (Fsp3) is 0.350. The van der Waals surface area contributed by atoms with E-state index in [0.29, 0.717) is 29.5 Å². The number of hydrogen-bond donors (Lipinski definition) is 1. The highest BCUT2D eigenvalue weighted by molar-refractivity contribution is 7.91. The van der Waals surface area contributed by atoms with Crippen LogP contribution in [0.25, 0.3) is 0 Å². The molecule has 0 spiro atoms. The van der Waals surface area contributed by atoms with Gasteiger partial charge in [0.05, 0.1) is 29.5 Å². The number of rotatable bonds is 9. The molecule has 1 amide bonds. The van der Waals surface area contributed by atoms with Crippen LogP contribution in [0, 0.1) is 5.92 Å². The Kier molecular flexibility index (Phi) is 7.38. The van der Waals surface area contributed by atoms with Crippen molar-refractivity contribution in [2.75, 3.05) is 31.4 Å². The van der Waals surface area contributed by atoms with Gasteiger partial charge in [-0.1, -0.05) is 26.0 Å². The molecule has 0 saturated heterocycles. The Morgan fingerprint density at radius 3 is 2.37 bits per heavy atom. The van der Waals surface area contributed by atoms with E-state index in [1.807, 2.05) is 26.0 Å². The monoisotopic (exact) mass is 391 g/mol. The highest BCUT2D eigenvalue weighted by Crippen LogP contribution is 2.25. The number of anilines is 1. The van der Waals surface area contributed by atoms with Crippen LogP contribution in [0.5, 0.6) is 5.75 Å². The summed E-state index contributed by atoms with van der Waals surface area (Å²) >= 11 is 0. The molecule has 0 heterocycles. The van der Waals surface area contributed by atoms with Crippen molar-refractivity contribution in [3.63, 3.8) is 0 Å². The van der Waals surface area contributed by atoms with Gasteiger partial charge in [0.2, 0.25) is 0 Å². The number of benzene rings is 2. The lowest BCUT2D eigenvalue weighted by Crippen LogP contribution is -2.15. The molecule has 146 valence electrons. The molecule has 0 fully saturated rings. The number of carbonyl (C=O) groups excluding carboxylic acids is 1. The van der Waals surface area contributed by atoms with Crippen LogP contribution in [0.15, 0.2) is 53.4 Å². The van der Waals surface area contributed by atoms with Gasteiger partial charge in [0.15, 0.2) is 9.84 Å². The lowest BCUT2D eigenvalue weighted by atomic mass is 10.2. The highest BCUT2D eigenvalue weighted by atomic mass is 32.2. The quantitative estimate of drug-likeness (QED) is 0.708. The predicted octanol–water partition coefficient (Wildman–Crippen LogP) is 3.39. The Labute approximate surface area is 160 Å². The van der Waals surface area contributed by atoms with Crippen molar-refractivity contribution in [3.05, 3.63) is 54.1 Å². The molecule has 0 aromatic heterocycles. The van der Waals surface area contributed by atoms with E-state index >= 15 is 0 Å². The second-order valence-electron chi connectivity index (χ2n) is 6.49. The highest BCUT2D eigenvalue weighted by Gasteiger charge is 2.16. The van der Waals surface area contributed by atoms with Gasteiger partial charge in [-0.2, -0.15) is 0 Å². The first-order valence-electron chi connectivity index (χ1n) is 8.68. The minimum absolute atomic E-state index is 0.102. The zero-order valence-electron chi connectivity index (χ0n) is 15.8. The topological polar surface area (TPSA) is 81.7 Å². The summed E-state index contributed by atoms with van der Waals surface area (Å²) in [5, 5.41) is 2.81. The van der Waals surface area contributed by atoms with Crippen LogP contribution in [0.4, 0.5) is 5.69 Å². The maximum absolute atomic E-state index is 12.5. The van der Waals surface area contributed by atoms with Crippen molar-refractivity contribution in [3.8, 4) is 5.75 Å². The number of carbonyl (C=O) groups is 1. The number of para-hydroxylation sites is 2. The third kappa shape index (κ3) is 6.08. The van der Waals surface area contributed by atoms with E-state index in [-0.39, 0.29) is 23.2 Å². The first kappa shape index (κ1) is 20.9. The summed E-state index contributed by atoms with van der Waals surface area (Å²) in [7, 11) is -1.97. The van der Waals surface area contributed by atoms with Crippen LogP contribution in [0.1, 0.15) is 24.2 Å². The zero-order valence-corrected chi connectivity index (χ0v) is 16.6. The summed E-state index contributed by atoms with van der Waals surface area (Å²) in [5.74, 6) is 0.520. The fourth-order valence-electron chi connectivity index (χ4n) is 2.27. The van der Waals surface area contributed by atoms with Gasteiger partial charge in [-0.25, -0.2) is 8.42 Å². The summed E-state index contributed by atoms with van der Waals surface area (Å²) in [5.41, 5.74) is 0.930. The average Bonchev–Trinajstić information content (AvgIpc) is 2.65. The van der Waals surface area contributed by atoms with E-state index in [9.17, 15) is 13.2 Å². The third-order valence-corrected chi connectivity index (χ3v) is 5.43. The van der Waals surface area contributed by atoms with Crippen molar-refractivity contribution in [1.29, 1.82) is 0 Å². The second-order valence-corrected chi connectivity index (χ2v) is 8.60. The van der Waals surface area contributed by atoms with Gasteiger partial charge < -0.3 is 14.8 Å². The lowest BCUT2D eigenvalue weighted by molar-refractivity contribution is 0.102. The standard InChI is InChI=1S/C20H25NO5S/c1-15(2)14-26-19-7-5-4-6-18(19)21-20(22)16-8-10-17(11-9-16)27(23,24)13-12-25-3/h4-11,15H,12-14H2,1-3H3,(H,21,22). The molecule has 2 aromatic carbocycles. The number of amides is 1. The van der Waals surface area contributed by atoms with Crippen LogP contribution >= 0.6 is 0 Å². The second kappa shape index (κ2) is 9.53. The maximum Gasteiger partial charge on any atom is 0.255 e. The number of nitrogens with one attached hydrogen (secondary N) is 1. The molecule has 0 aliphatic rings. The molecular formula is C20H25NO5S. The number of methoxy groups -OCH3 is 1. The number of sulfone groups is 1. The van der Waals surface area contributed by atoms with Gasteiger partial charge in [-0.3, -0.25) is 4.79 Å². The summed E-state index contributed by atoms with van der Waals surface area (Å²) in [4.78, 5) is 12.7. The molecule has 0 aliphatic carbocycles. The summed E-state index contributed by atoms with van der Waals surface area (Å²) in [6.07, 6.45) is 0. The summed E-state index contributed by atoms with van der Waals surface area (Å²) < 4.78 is 34.8. The molecular weight excluding hydrogens is 366 g/mol. The Bertz CT molecular complexity index is 860. The summed E-state index contributed by atoms with van der Waals surface area (Å²) in [6, 6.07) is 13.1. The van der Waals surface area contributed by atoms with Crippen molar-refractivity contribution in [2.24, 2.45) is 5.92 Å². The SMILES string of the molecule is COCCS(=O)(=O)c1ccc(C(=O)Nc2ccccc2OCC(C)C)cc1. The molecule has 1 N–H and O–H groups in total. The van der Waals surface area contributed by atoms with E-state index in [1.54, 1.807) is 12.1 Å². The molecule has 2 rings (SSSR count). The van der Waals surface area contributed by atoms with Crippen molar-refractivity contribution < 1.29 is 22.7 Å². The normalized spacial score (nSPS) is 11.4. The van der Waals surface area contributed by atoms with E-state index in [4.69, 9.17) is 9.47 Å². The van der Waals surface area contributed by atoms with Crippen molar-refractivity contribution in [1.82, 2.24) is 0 Å². The van der Waals surface area contributed by atoms with E-state index in [2.05, 4.69) is 5.32 Å². The fourth-order valence-corrected chi connectivity index (χ4v) is 3.44. The van der Waals surface area contributed by atoms with Gasteiger partial charge in [0.1, 0.15) is 5.75 Å². The molecule has 0 bridgehead atoms. The van der Waals surface area contributed by atoms with Gasteiger partial charge in [-0.05, 0) is 42.3 Å². The molecule has 2 aromatic rings. The number of ether oxygens (including phenoxy) is 2. The molecule has 7 heteroatoms. The molecule has 0 saturated carbocycles. The van der Waals surface area contributed by atoms with Crippen molar-refractivity contribution in [2.45, 2.75) is 18.7 Å². The van der Waals surface area contributed by atoms with E-state index in [1.165, 1.54) is 31.4 Å². The first-order chi connectivity index (χ1) is 12.8. The average molecular weight is 391 g/mol. The van der Waals surface area contributed by atoms with Gasteiger partial charge in [0.25, 0.3) is 5.91 Å². The van der Waals surface area contributed by atoms with E-state index in [0.717, 1.165) is 0 Å². The zero-order chi connectivity index (χ0) is 19.9. The molecule has 6 nitrogen and oxygen atoms in total. The van der Waals surface area contributed by atoms with Crippen LogP contribution in [0.2, 0.25) is 0 Å². The first-order valence-corrected chi connectivity index (χ1v) is 10.3. The third-order valence-electron chi connectivity index (χ3n) is 3.74. The number of hydrogen-bond acceptors (Lipinski definition) is 5. The predicted molar refractivity (Wildman–Crippen MR) is 105 cm³/mol. The Morgan fingerprint density at radius 2 is 1.74 bits per heavy atom. The van der Waals surface area contributed by atoms with Crippen molar-refractivity contribution >= 4 is 21.4 Å². The Balaban J connectivity index is 2.11. The molecule has 0 radical (unpaired) electrons. The van der Waals surface area contributed by atoms with Crippen LogP contribution < -0.4 is 10.1 Å². The molecule has 0 aliphatic heterocycles. The summed E-state index contributed by atoms with van der Waals surface area (Å²) in [6.45, 7) is 4.76. The van der Waals surface area contributed by atoms with E-state index < -0.39 is 9.84 Å². The van der Waals surface area contributed by atoms with Crippen LogP contribution in [0.3, 0.4) is 0 Å². The van der Waals surface area contributed by atoms with Crippen LogP contribution in [-0.4, -0.2) is 40.4 Å². The molecule has 27 heavy (non-hydrogen) atoms. The Hall–Kier alpha value is -2.38.